The number of nitrogens with zero attached hydrogens (tertiary/aromatic N) is 1. The molecule has 1 amide bonds. The van der Waals surface area contributed by atoms with Gasteiger partial charge in [0.1, 0.15) is 11.9 Å². The summed E-state index contributed by atoms with van der Waals surface area (Å²) in [4.78, 5) is 15.0. The summed E-state index contributed by atoms with van der Waals surface area (Å²) in [6.45, 7) is 5.89. The third kappa shape index (κ3) is 7.20. The second-order valence-electron chi connectivity index (χ2n) is 8.47. The summed E-state index contributed by atoms with van der Waals surface area (Å²) in [5, 5.41) is 14.0. The van der Waals surface area contributed by atoms with E-state index in [4.69, 9.17) is 0 Å². The third-order valence-corrected chi connectivity index (χ3v) is 6.14. The molecule has 0 unspecified atom stereocenters. The van der Waals surface area contributed by atoms with Gasteiger partial charge in [0.15, 0.2) is 0 Å². The van der Waals surface area contributed by atoms with Gasteiger partial charge in [-0.3, -0.25) is 4.79 Å². The SMILES string of the molecule is CCN(CC)C[C@@H](NC(=O)CC1Cc2ccccc2C1)[C@H](O)c1ccc(OC(F)(F)F)cc1. The maximum atomic E-state index is 12.9. The highest BCUT2D eigenvalue weighted by molar-refractivity contribution is 5.77. The lowest BCUT2D eigenvalue weighted by Gasteiger charge is -2.30. The molecule has 2 N–H and O–H groups in total. The van der Waals surface area contributed by atoms with Gasteiger partial charge in [-0.15, -0.1) is 13.2 Å². The molecule has 33 heavy (non-hydrogen) atoms. The van der Waals surface area contributed by atoms with Gasteiger partial charge in [-0.25, -0.2) is 0 Å². The average Bonchev–Trinajstić information content (AvgIpc) is 3.17. The summed E-state index contributed by atoms with van der Waals surface area (Å²) < 4.78 is 41.2. The molecule has 1 aliphatic rings. The molecular weight excluding hydrogens is 433 g/mol. The number of likely N-dealkylation sites (N-methyl/N-ethyl adjacent to an activating group) is 1. The van der Waals surface area contributed by atoms with Crippen LogP contribution in [0.15, 0.2) is 48.5 Å². The Balaban J connectivity index is 1.66. The Kier molecular flexibility index (Phi) is 8.37. The van der Waals surface area contributed by atoms with Crippen molar-refractivity contribution < 1.29 is 27.8 Å². The number of nitrogens with one attached hydrogen (secondary N) is 1. The fourth-order valence-corrected chi connectivity index (χ4v) is 4.41. The zero-order valence-electron chi connectivity index (χ0n) is 18.9. The van der Waals surface area contributed by atoms with E-state index in [2.05, 4.69) is 27.1 Å². The second kappa shape index (κ2) is 11.0. The number of halogens is 3. The Bertz CT molecular complexity index is 889. The summed E-state index contributed by atoms with van der Waals surface area (Å²) in [6.07, 6.45) is -3.79. The summed E-state index contributed by atoms with van der Waals surface area (Å²) in [6, 6.07) is 12.7. The van der Waals surface area contributed by atoms with Crippen LogP contribution in [0.4, 0.5) is 13.2 Å². The lowest BCUT2D eigenvalue weighted by molar-refractivity contribution is -0.274. The van der Waals surface area contributed by atoms with Crippen molar-refractivity contribution in [2.24, 2.45) is 5.92 Å². The number of aliphatic hydroxyl groups excluding tert-OH is 1. The molecule has 0 spiro atoms. The van der Waals surface area contributed by atoms with Crippen LogP contribution in [0.5, 0.6) is 5.75 Å². The lowest BCUT2D eigenvalue weighted by atomic mass is 9.99. The molecule has 0 heterocycles. The highest BCUT2D eigenvalue weighted by Gasteiger charge is 2.32. The lowest BCUT2D eigenvalue weighted by Crippen LogP contribution is -2.47. The smallest absolute Gasteiger partial charge is 0.406 e. The fraction of sp³-hybridized carbons (Fsp3) is 0.480. The minimum Gasteiger partial charge on any atom is -0.406 e. The van der Waals surface area contributed by atoms with Crippen LogP contribution < -0.4 is 10.1 Å². The topological polar surface area (TPSA) is 61.8 Å². The van der Waals surface area contributed by atoms with E-state index in [1.807, 2.05) is 26.0 Å². The van der Waals surface area contributed by atoms with E-state index >= 15 is 0 Å². The Morgan fingerprint density at radius 1 is 1.09 bits per heavy atom. The number of ether oxygens (including phenoxy) is 1. The van der Waals surface area contributed by atoms with Crippen LogP contribution in [0.2, 0.25) is 0 Å². The predicted octanol–water partition coefficient (Wildman–Crippen LogP) is 4.25. The molecule has 5 nitrogen and oxygen atoms in total. The van der Waals surface area contributed by atoms with Crippen molar-refractivity contribution in [1.82, 2.24) is 10.2 Å². The maximum absolute atomic E-state index is 12.9. The zero-order chi connectivity index (χ0) is 24.0. The van der Waals surface area contributed by atoms with E-state index in [9.17, 15) is 23.1 Å². The Labute approximate surface area is 192 Å². The van der Waals surface area contributed by atoms with Gasteiger partial charge in [-0.1, -0.05) is 50.2 Å². The molecule has 0 saturated carbocycles. The van der Waals surface area contributed by atoms with Crippen molar-refractivity contribution >= 4 is 5.91 Å². The molecule has 2 aromatic carbocycles. The number of hydrogen-bond donors (Lipinski definition) is 2. The third-order valence-electron chi connectivity index (χ3n) is 6.14. The van der Waals surface area contributed by atoms with Gasteiger partial charge >= 0.3 is 6.36 Å². The number of carbonyl (C=O) groups excluding carboxylic acids is 1. The molecule has 0 aliphatic heterocycles. The number of benzene rings is 2. The van der Waals surface area contributed by atoms with Gasteiger partial charge < -0.3 is 20.1 Å². The van der Waals surface area contributed by atoms with Crippen LogP contribution in [0.3, 0.4) is 0 Å². The van der Waals surface area contributed by atoms with Crippen molar-refractivity contribution in [3.05, 3.63) is 65.2 Å². The number of hydrogen-bond acceptors (Lipinski definition) is 4. The average molecular weight is 465 g/mol. The summed E-state index contributed by atoms with van der Waals surface area (Å²) in [7, 11) is 0. The van der Waals surface area contributed by atoms with Crippen molar-refractivity contribution in [2.45, 2.75) is 51.6 Å². The van der Waals surface area contributed by atoms with Crippen molar-refractivity contribution in [3.63, 3.8) is 0 Å². The number of carbonyl (C=O) groups is 1. The molecule has 0 radical (unpaired) electrons. The van der Waals surface area contributed by atoms with Crippen LogP contribution in [-0.2, 0) is 17.6 Å². The number of aliphatic hydroxyl groups is 1. The largest absolute Gasteiger partial charge is 0.573 e. The minimum atomic E-state index is -4.78. The van der Waals surface area contributed by atoms with Crippen LogP contribution in [0.1, 0.15) is 43.1 Å². The molecule has 180 valence electrons. The normalized spacial score (nSPS) is 15.8. The number of rotatable bonds is 10. The molecule has 3 rings (SSSR count). The van der Waals surface area contributed by atoms with E-state index in [-0.39, 0.29) is 17.6 Å². The molecule has 8 heteroatoms. The standard InChI is InChI=1S/C25H31F3N2O3/c1-3-30(4-2)16-22(24(32)18-9-11-21(12-10-18)33-25(26,27)28)29-23(31)15-17-13-19-7-5-6-8-20(19)14-17/h5-12,17,22,24,32H,3-4,13-16H2,1-2H3,(H,29,31)/t22-,24-/m1/s1. The highest BCUT2D eigenvalue weighted by Crippen LogP contribution is 2.29. The van der Waals surface area contributed by atoms with E-state index in [0.29, 0.717) is 18.5 Å². The monoisotopic (exact) mass is 464 g/mol. The van der Waals surface area contributed by atoms with E-state index in [1.54, 1.807) is 0 Å². The number of fused-ring (bicyclic) bond motifs is 1. The van der Waals surface area contributed by atoms with Crippen LogP contribution in [-0.4, -0.2) is 48.0 Å². The quantitative estimate of drug-likeness (QED) is 0.552. The first-order valence-corrected chi connectivity index (χ1v) is 11.3. The minimum absolute atomic E-state index is 0.138. The summed E-state index contributed by atoms with van der Waals surface area (Å²) >= 11 is 0. The number of amides is 1. The van der Waals surface area contributed by atoms with Gasteiger partial charge in [-0.2, -0.15) is 0 Å². The van der Waals surface area contributed by atoms with E-state index in [0.717, 1.165) is 38.1 Å². The van der Waals surface area contributed by atoms with Crippen molar-refractivity contribution in [3.8, 4) is 5.75 Å². The Morgan fingerprint density at radius 2 is 1.67 bits per heavy atom. The van der Waals surface area contributed by atoms with E-state index < -0.39 is 18.5 Å². The molecule has 1 aliphatic carbocycles. The second-order valence-corrected chi connectivity index (χ2v) is 8.47. The molecule has 0 aromatic heterocycles. The van der Waals surface area contributed by atoms with Crippen LogP contribution in [0, 0.1) is 5.92 Å². The first-order chi connectivity index (χ1) is 15.7. The van der Waals surface area contributed by atoms with Crippen molar-refractivity contribution in [1.29, 1.82) is 0 Å². The molecule has 0 bridgehead atoms. The first-order valence-electron chi connectivity index (χ1n) is 11.3. The van der Waals surface area contributed by atoms with Gasteiger partial charge in [0, 0.05) is 13.0 Å². The summed E-state index contributed by atoms with van der Waals surface area (Å²) in [5.74, 6) is -0.280. The maximum Gasteiger partial charge on any atom is 0.573 e. The Hall–Kier alpha value is -2.58. The van der Waals surface area contributed by atoms with Gasteiger partial charge in [0.2, 0.25) is 5.91 Å². The first kappa shape index (κ1) is 25.1. The van der Waals surface area contributed by atoms with Crippen molar-refractivity contribution in [2.75, 3.05) is 19.6 Å². The molecule has 0 fully saturated rings. The van der Waals surface area contributed by atoms with Gasteiger partial charge in [-0.05, 0) is 60.7 Å². The fourth-order valence-electron chi connectivity index (χ4n) is 4.41. The molecule has 0 saturated heterocycles. The zero-order valence-corrected chi connectivity index (χ0v) is 18.9. The van der Waals surface area contributed by atoms with Crippen LogP contribution >= 0.6 is 0 Å². The van der Waals surface area contributed by atoms with Gasteiger partial charge in [0.25, 0.3) is 0 Å². The van der Waals surface area contributed by atoms with Gasteiger partial charge in [0.05, 0.1) is 6.04 Å². The Morgan fingerprint density at radius 3 is 2.18 bits per heavy atom. The molecule has 2 aromatic rings. The predicted molar refractivity (Wildman–Crippen MR) is 120 cm³/mol. The highest BCUT2D eigenvalue weighted by atomic mass is 19.4. The molecular formula is C25H31F3N2O3. The summed E-state index contributed by atoms with van der Waals surface area (Å²) in [5.41, 5.74) is 2.96. The number of alkyl halides is 3. The van der Waals surface area contributed by atoms with Crippen LogP contribution in [0.25, 0.3) is 0 Å². The van der Waals surface area contributed by atoms with E-state index in [1.165, 1.54) is 23.3 Å². The molecule has 2 atom stereocenters.